The fraction of sp³-hybridized carbons (Fsp3) is 0.211. The van der Waals surface area contributed by atoms with Crippen molar-refractivity contribution in [2.45, 2.75) is 20.8 Å². The van der Waals surface area contributed by atoms with E-state index < -0.39 is 22.5 Å². The third-order valence-electron chi connectivity index (χ3n) is 3.71. The standard InChI is InChI=1S/C19H19N3O6/c1-4-28-19(25)14-7-13(8-16(9-14)22(26)27)18(24)21-17-10-15(20-12(3)23)6-5-11(17)2/h5-10H,4H2,1-3H3,(H,20,23)(H,21,24). The quantitative estimate of drug-likeness (QED) is 0.446. The summed E-state index contributed by atoms with van der Waals surface area (Å²) in [6, 6.07) is 8.31. The second kappa shape index (κ2) is 8.76. The number of ether oxygens (including phenoxy) is 1. The van der Waals surface area contributed by atoms with Crippen LogP contribution >= 0.6 is 0 Å². The Labute approximate surface area is 160 Å². The fourth-order valence-corrected chi connectivity index (χ4v) is 2.41. The first-order valence-corrected chi connectivity index (χ1v) is 8.37. The number of non-ortho nitro benzene ring substituents is 1. The summed E-state index contributed by atoms with van der Waals surface area (Å²) in [6.07, 6.45) is 0. The van der Waals surface area contributed by atoms with Crippen LogP contribution in [0.5, 0.6) is 0 Å². The first kappa shape index (κ1) is 20.6. The van der Waals surface area contributed by atoms with Crippen molar-refractivity contribution in [2.24, 2.45) is 0 Å². The highest BCUT2D eigenvalue weighted by atomic mass is 16.6. The molecule has 0 spiro atoms. The maximum absolute atomic E-state index is 12.6. The van der Waals surface area contributed by atoms with Crippen LogP contribution in [0.1, 0.15) is 40.1 Å². The van der Waals surface area contributed by atoms with Crippen molar-refractivity contribution in [2.75, 3.05) is 17.2 Å². The van der Waals surface area contributed by atoms with E-state index in [1.165, 1.54) is 13.0 Å². The zero-order valence-electron chi connectivity index (χ0n) is 15.6. The normalized spacial score (nSPS) is 10.1. The van der Waals surface area contributed by atoms with Gasteiger partial charge in [0, 0.05) is 36.0 Å². The first-order valence-electron chi connectivity index (χ1n) is 8.37. The van der Waals surface area contributed by atoms with Gasteiger partial charge in [-0.1, -0.05) is 6.07 Å². The molecule has 0 aliphatic carbocycles. The van der Waals surface area contributed by atoms with Crippen LogP contribution in [-0.4, -0.2) is 29.3 Å². The molecule has 0 unspecified atom stereocenters. The molecule has 0 saturated heterocycles. The Balaban J connectivity index is 2.37. The highest BCUT2D eigenvalue weighted by Crippen LogP contribution is 2.23. The van der Waals surface area contributed by atoms with Crippen LogP contribution in [0.4, 0.5) is 17.1 Å². The van der Waals surface area contributed by atoms with E-state index in [1.54, 1.807) is 32.0 Å². The third-order valence-corrected chi connectivity index (χ3v) is 3.71. The van der Waals surface area contributed by atoms with Gasteiger partial charge in [-0.05, 0) is 37.6 Å². The van der Waals surface area contributed by atoms with E-state index in [-0.39, 0.29) is 23.6 Å². The molecular formula is C19H19N3O6. The number of nitro groups is 1. The van der Waals surface area contributed by atoms with Gasteiger partial charge in [0.05, 0.1) is 17.1 Å². The van der Waals surface area contributed by atoms with Gasteiger partial charge >= 0.3 is 5.97 Å². The molecule has 0 aliphatic rings. The molecule has 2 N–H and O–H groups in total. The monoisotopic (exact) mass is 385 g/mol. The van der Waals surface area contributed by atoms with Gasteiger partial charge in [-0.2, -0.15) is 0 Å². The molecule has 0 aromatic heterocycles. The van der Waals surface area contributed by atoms with E-state index in [0.29, 0.717) is 11.4 Å². The van der Waals surface area contributed by atoms with Gasteiger partial charge < -0.3 is 15.4 Å². The summed E-state index contributed by atoms with van der Waals surface area (Å²) in [6.45, 7) is 4.81. The van der Waals surface area contributed by atoms with Crippen molar-refractivity contribution in [1.82, 2.24) is 0 Å². The van der Waals surface area contributed by atoms with Gasteiger partial charge in [-0.3, -0.25) is 19.7 Å². The summed E-state index contributed by atoms with van der Waals surface area (Å²) >= 11 is 0. The molecule has 0 atom stereocenters. The molecule has 2 amide bonds. The molecule has 0 heterocycles. The summed E-state index contributed by atoms with van der Waals surface area (Å²) in [4.78, 5) is 46.2. The van der Waals surface area contributed by atoms with Crippen molar-refractivity contribution in [3.63, 3.8) is 0 Å². The number of amides is 2. The summed E-state index contributed by atoms with van der Waals surface area (Å²) in [7, 11) is 0. The number of nitrogens with one attached hydrogen (secondary N) is 2. The van der Waals surface area contributed by atoms with Crippen LogP contribution in [0.15, 0.2) is 36.4 Å². The molecule has 0 radical (unpaired) electrons. The summed E-state index contributed by atoms with van der Waals surface area (Å²) < 4.78 is 4.85. The van der Waals surface area contributed by atoms with E-state index in [0.717, 1.165) is 17.7 Å². The number of hydrogen-bond donors (Lipinski definition) is 2. The van der Waals surface area contributed by atoms with Crippen LogP contribution < -0.4 is 10.6 Å². The van der Waals surface area contributed by atoms with Crippen LogP contribution in [0.2, 0.25) is 0 Å². The zero-order valence-corrected chi connectivity index (χ0v) is 15.6. The molecule has 0 bridgehead atoms. The van der Waals surface area contributed by atoms with E-state index in [4.69, 9.17) is 4.74 Å². The van der Waals surface area contributed by atoms with Gasteiger partial charge in [0.1, 0.15) is 0 Å². The maximum atomic E-state index is 12.6. The van der Waals surface area contributed by atoms with E-state index in [2.05, 4.69) is 10.6 Å². The van der Waals surface area contributed by atoms with Crippen LogP contribution in [0.25, 0.3) is 0 Å². The zero-order chi connectivity index (χ0) is 20.8. The lowest BCUT2D eigenvalue weighted by Crippen LogP contribution is -2.15. The molecular weight excluding hydrogens is 366 g/mol. The van der Waals surface area contributed by atoms with Crippen LogP contribution in [0.3, 0.4) is 0 Å². The molecule has 28 heavy (non-hydrogen) atoms. The molecule has 2 rings (SSSR count). The molecule has 0 fully saturated rings. The predicted molar refractivity (Wildman–Crippen MR) is 102 cm³/mol. The Kier molecular flexibility index (Phi) is 6.43. The maximum Gasteiger partial charge on any atom is 0.338 e. The van der Waals surface area contributed by atoms with E-state index >= 15 is 0 Å². The van der Waals surface area contributed by atoms with Crippen molar-refractivity contribution in [1.29, 1.82) is 0 Å². The highest BCUT2D eigenvalue weighted by molar-refractivity contribution is 6.07. The molecule has 0 saturated carbocycles. The van der Waals surface area contributed by atoms with Gasteiger partial charge in [0.25, 0.3) is 11.6 Å². The topological polar surface area (TPSA) is 128 Å². The van der Waals surface area contributed by atoms with Crippen molar-refractivity contribution in [3.05, 3.63) is 63.2 Å². The Morgan fingerprint density at radius 1 is 1.07 bits per heavy atom. The molecule has 9 heteroatoms. The average molecular weight is 385 g/mol. The number of nitrogens with zero attached hydrogens (tertiary/aromatic N) is 1. The Morgan fingerprint density at radius 2 is 1.75 bits per heavy atom. The molecule has 146 valence electrons. The van der Waals surface area contributed by atoms with Gasteiger partial charge in [0.15, 0.2) is 0 Å². The van der Waals surface area contributed by atoms with Crippen LogP contribution in [0, 0.1) is 17.0 Å². The largest absolute Gasteiger partial charge is 0.462 e. The molecule has 2 aromatic carbocycles. The minimum Gasteiger partial charge on any atom is -0.462 e. The van der Waals surface area contributed by atoms with Gasteiger partial charge in [-0.15, -0.1) is 0 Å². The number of rotatable bonds is 6. The van der Waals surface area contributed by atoms with Crippen molar-refractivity contribution in [3.8, 4) is 0 Å². The lowest BCUT2D eigenvalue weighted by molar-refractivity contribution is -0.384. The number of carbonyl (C=O) groups is 3. The molecule has 9 nitrogen and oxygen atoms in total. The number of hydrogen-bond acceptors (Lipinski definition) is 6. The highest BCUT2D eigenvalue weighted by Gasteiger charge is 2.19. The summed E-state index contributed by atoms with van der Waals surface area (Å²) in [5, 5.41) is 16.4. The van der Waals surface area contributed by atoms with E-state index in [9.17, 15) is 24.5 Å². The van der Waals surface area contributed by atoms with Gasteiger partial charge in [-0.25, -0.2) is 4.79 Å². The lowest BCUT2D eigenvalue weighted by atomic mass is 10.1. The molecule has 2 aromatic rings. The number of aryl methyl sites for hydroxylation is 1. The Bertz CT molecular complexity index is 955. The predicted octanol–water partition coefficient (Wildman–Crippen LogP) is 3.29. The number of esters is 1. The minimum absolute atomic E-state index is 0.0680. The van der Waals surface area contributed by atoms with Crippen molar-refractivity contribution < 1.29 is 24.0 Å². The fourth-order valence-electron chi connectivity index (χ4n) is 2.41. The van der Waals surface area contributed by atoms with E-state index in [1.807, 2.05) is 0 Å². The SMILES string of the molecule is CCOC(=O)c1cc(C(=O)Nc2cc(NC(C)=O)ccc2C)cc([N+](=O)[O-])c1. The number of carbonyl (C=O) groups excluding carboxylic acids is 3. The second-order valence-corrected chi connectivity index (χ2v) is 5.91. The smallest absolute Gasteiger partial charge is 0.338 e. The number of benzene rings is 2. The molecule has 0 aliphatic heterocycles. The summed E-state index contributed by atoms with van der Waals surface area (Å²) in [5.41, 5.74) is 1.06. The minimum atomic E-state index is -0.760. The average Bonchev–Trinajstić information content (AvgIpc) is 2.63. The van der Waals surface area contributed by atoms with Crippen molar-refractivity contribution >= 4 is 34.8 Å². The first-order chi connectivity index (χ1) is 13.2. The summed E-state index contributed by atoms with van der Waals surface area (Å²) in [5.74, 6) is -1.67. The third kappa shape index (κ3) is 5.13. The van der Waals surface area contributed by atoms with Crippen LogP contribution in [-0.2, 0) is 9.53 Å². The second-order valence-electron chi connectivity index (χ2n) is 5.91. The van der Waals surface area contributed by atoms with Gasteiger partial charge in [0.2, 0.25) is 5.91 Å². The number of nitro benzene ring substituents is 1. The number of anilines is 2. The lowest BCUT2D eigenvalue weighted by Gasteiger charge is -2.11. The Hall–Kier alpha value is -3.75. The Morgan fingerprint density at radius 3 is 2.36 bits per heavy atom.